The molecule has 2 heterocycles. The highest BCUT2D eigenvalue weighted by atomic mass is 79.9. The Bertz CT molecular complexity index is 595. The summed E-state index contributed by atoms with van der Waals surface area (Å²) in [6.45, 7) is 0.604. The van der Waals surface area contributed by atoms with Crippen molar-refractivity contribution < 1.29 is 0 Å². The summed E-state index contributed by atoms with van der Waals surface area (Å²) in [4.78, 5) is 12.7. The van der Waals surface area contributed by atoms with E-state index in [0.717, 1.165) is 9.35 Å². The van der Waals surface area contributed by atoms with Gasteiger partial charge in [0.25, 0.3) is 5.56 Å². The smallest absolute Gasteiger partial charge is 0.287 e. The first-order valence-electron chi connectivity index (χ1n) is 4.77. The number of rotatable bonds is 3. The Morgan fingerprint density at radius 1 is 1.65 bits per heavy atom. The molecule has 4 nitrogen and oxygen atoms in total. The van der Waals surface area contributed by atoms with E-state index in [9.17, 15) is 4.79 Å². The van der Waals surface area contributed by atoms with Gasteiger partial charge in [-0.25, -0.2) is 4.68 Å². The lowest BCUT2D eigenvalue weighted by Gasteiger charge is -2.07. The highest BCUT2D eigenvalue weighted by molar-refractivity contribution is 9.10. The number of hydrogen-bond acceptors (Lipinski definition) is 4. The summed E-state index contributed by atoms with van der Waals surface area (Å²) in [6, 6.07) is 1.98. The van der Waals surface area contributed by atoms with Crippen LogP contribution in [-0.2, 0) is 13.6 Å². The maximum absolute atomic E-state index is 11.5. The van der Waals surface area contributed by atoms with E-state index in [-0.39, 0.29) is 10.6 Å². The van der Waals surface area contributed by atoms with Crippen molar-refractivity contribution in [2.24, 2.45) is 7.05 Å². The third-order valence-electron chi connectivity index (χ3n) is 2.21. The van der Waals surface area contributed by atoms with Crippen molar-refractivity contribution in [1.29, 1.82) is 0 Å². The predicted octanol–water partition coefficient (Wildman–Crippen LogP) is 2.87. The lowest BCUT2D eigenvalue weighted by molar-refractivity contribution is 0.708. The lowest BCUT2D eigenvalue weighted by Crippen LogP contribution is -2.20. The van der Waals surface area contributed by atoms with Crippen molar-refractivity contribution >= 4 is 44.6 Å². The molecule has 0 saturated heterocycles. The second kappa shape index (κ2) is 5.20. The molecule has 0 fully saturated rings. The zero-order valence-electron chi connectivity index (χ0n) is 8.91. The molecule has 0 aromatic carbocycles. The first-order valence-corrected chi connectivity index (χ1v) is 6.82. The van der Waals surface area contributed by atoms with Crippen LogP contribution in [-0.4, -0.2) is 9.78 Å². The van der Waals surface area contributed by atoms with E-state index in [2.05, 4.69) is 26.3 Å². The maximum atomic E-state index is 11.5. The largest absolute Gasteiger partial charge is 0.377 e. The van der Waals surface area contributed by atoms with Gasteiger partial charge in [0.1, 0.15) is 5.02 Å². The normalized spacial score (nSPS) is 10.5. The molecule has 17 heavy (non-hydrogen) atoms. The lowest BCUT2D eigenvalue weighted by atomic mass is 10.4. The third-order valence-corrected chi connectivity index (χ3v) is 4.50. The summed E-state index contributed by atoms with van der Waals surface area (Å²) < 4.78 is 2.25. The molecular formula is C10H9BrClN3OS. The van der Waals surface area contributed by atoms with Crippen molar-refractivity contribution in [3.05, 3.63) is 42.4 Å². The quantitative estimate of drug-likeness (QED) is 0.939. The SMILES string of the molecule is Cn1ncc(NCc2sccc2Br)c(Cl)c1=O. The van der Waals surface area contributed by atoms with Gasteiger partial charge in [-0.15, -0.1) is 11.3 Å². The number of hydrogen-bond donors (Lipinski definition) is 1. The monoisotopic (exact) mass is 333 g/mol. The molecule has 0 aliphatic heterocycles. The summed E-state index contributed by atoms with van der Waals surface area (Å²) in [5.74, 6) is 0. The van der Waals surface area contributed by atoms with Crippen molar-refractivity contribution in [2.45, 2.75) is 6.54 Å². The Hall–Kier alpha value is -0.850. The number of aromatic nitrogens is 2. The van der Waals surface area contributed by atoms with Crippen molar-refractivity contribution in [1.82, 2.24) is 9.78 Å². The van der Waals surface area contributed by atoms with E-state index in [4.69, 9.17) is 11.6 Å². The Morgan fingerprint density at radius 2 is 2.41 bits per heavy atom. The predicted molar refractivity (Wildman–Crippen MR) is 73.8 cm³/mol. The van der Waals surface area contributed by atoms with Gasteiger partial charge in [0, 0.05) is 16.4 Å². The van der Waals surface area contributed by atoms with Gasteiger partial charge in [-0.3, -0.25) is 4.79 Å². The molecule has 0 aliphatic rings. The van der Waals surface area contributed by atoms with Crippen LogP contribution >= 0.6 is 38.9 Å². The fraction of sp³-hybridized carbons (Fsp3) is 0.200. The molecule has 0 saturated carbocycles. The van der Waals surface area contributed by atoms with E-state index in [1.165, 1.54) is 4.68 Å². The van der Waals surface area contributed by atoms with E-state index in [1.807, 2.05) is 11.4 Å². The summed E-state index contributed by atoms with van der Waals surface area (Å²) in [6.07, 6.45) is 1.55. The van der Waals surface area contributed by atoms with E-state index in [1.54, 1.807) is 24.6 Å². The van der Waals surface area contributed by atoms with E-state index in [0.29, 0.717) is 12.2 Å². The van der Waals surface area contributed by atoms with Crippen LogP contribution in [0, 0.1) is 0 Å². The molecule has 90 valence electrons. The molecule has 0 bridgehead atoms. The Balaban J connectivity index is 2.18. The van der Waals surface area contributed by atoms with E-state index < -0.39 is 0 Å². The molecule has 2 aromatic rings. The van der Waals surface area contributed by atoms with Crippen LogP contribution < -0.4 is 10.9 Å². The van der Waals surface area contributed by atoms with Crippen LogP contribution in [0.3, 0.4) is 0 Å². The third kappa shape index (κ3) is 2.70. The molecule has 0 spiro atoms. The van der Waals surface area contributed by atoms with Gasteiger partial charge in [0.15, 0.2) is 0 Å². The molecule has 1 N–H and O–H groups in total. The van der Waals surface area contributed by atoms with Crippen molar-refractivity contribution in [3.8, 4) is 0 Å². The first kappa shape index (κ1) is 12.6. The van der Waals surface area contributed by atoms with Crippen LogP contribution in [0.1, 0.15) is 4.88 Å². The number of anilines is 1. The first-order chi connectivity index (χ1) is 8.09. The highest BCUT2D eigenvalue weighted by Gasteiger charge is 2.08. The van der Waals surface area contributed by atoms with Gasteiger partial charge in [-0.1, -0.05) is 11.6 Å². The fourth-order valence-corrected chi connectivity index (χ4v) is 2.93. The molecular weight excluding hydrogens is 326 g/mol. The molecule has 0 radical (unpaired) electrons. The summed E-state index contributed by atoms with van der Waals surface area (Å²) in [5, 5.41) is 9.16. The summed E-state index contributed by atoms with van der Waals surface area (Å²) in [5.41, 5.74) is 0.247. The second-order valence-electron chi connectivity index (χ2n) is 3.35. The van der Waals surface area contributed by atoms with E-state index >= 15 is 0 Å². The number of aryl methyl sites for hydroxylation is 1. The zero-order valence-corrected chi connectivity index (χ0v) is 12.1. The van der Waals surface area contributed by atoms with Crippen LogP contribution in [0.4, 0.5) is 5.69 Å². The average Bonchev–Trinajstić information content (AvgIpc) is 2.71. The van der Waals surface area contributed by atoms with Crippen LogP contribution in [0.25, 0.3) is 0 Å². The Labute approximate surface area is 115 Å². The van der Waals surface area contributed by atoms with Crippen LogP contribution in [0.15, 0.2) is 26.9 Å². The maximum Gasteiger partial charge on any atom is 0.287 e. The zero-order chi connectivity index (χ0) is 12.4. The molecule has 0 atom stereocenters. The molecule has 0 amide bonds. The average molecular weight is 335 g/mol. The molecule has 2 aromatic heterocycles. The minimum absolute atomic E-state index is 0.162. The Kier molecular flexibility index (Phi) is 3.86. The Morgan fingerprint density at radius 3 is 3.06 bits per heavy atom. The van der Waals surface area contributed by atoms with Crippen LogP contribution in [0.2, 0.25) is 5.02 Å². The number of nitrogens with one attached hydrogen (secondary N) is 1. The van der Waals surface area contributed by atoms with Gasteiger partial charge in [0.2, 0.25) is 0 Å². The minimum Gasteiger partial charge on any atom is -0.377 e. The van der Waals surface area contributed by atoms with Crippen molar-refractivity contribution in [2.75, 3.05) is 5.32 Å². The summed E-state index contributed by atoms with van der Waals surface area (Å²) >= 11 is 11.0. The van der Waals surface area contributed by atoms with Gasteiger partial charge >= 0.3 is 0 Å². The minimum atomic E-state index is -0.304. The summed E-state index contributed by atoms with van der Waals surface area (Å²) in [7, 11) is 1.56. The topological polar surface area (TPSA) is 46.9 Å². The van der Waals surface area contributed by atoms with Crippen molar-refractivity contribution in [3.63, 3.8) is 0 Å². The highest BCUT2D eigenvalue weighted by Crippen LogP contribution is 2.24. The molecule has 0 unspecified atom stereocenters. The van der Waals surface area contributed by atoms with Crippen LogP contribution in [0.5, 0.6) is 0 Å². The molecule has 2 rings (SSSR count). The second-order valence-corrected chi connectivity index (χ2v) is 5.58. The van der Waals surface area contributed by atoms with Gasteiger partial charge < -0.3 is 5.32 Å². The number of nitrogens with zero attached hydrogens (tertiary/aromatic N) is 2. The number of thiophene rings is 1. The standard InChI is InChI=1S/C10H9BrClN3OS/c1-15-10(16)9(12)7(4-14-15)13-5-8-6(11)2-3-17-8/h2-4,13H,5H2,1H3. The van der Waals surface area contributed by atoms with Gasteiger partial charge in [-0.2, -0.15) is 5.10 Å². The molecule has 7 heteroatoms. The van der Waals surface area contributed by atoms with Gasteiger partial charge in [-0.05, 0) is 27.4 Å². The molecule has 0 aliphatic carbocycles. The fourth-order valence-electron chi connectivity index (χ4n) is 1.26. The number of halogens is 2. The van der Waals surface area contributed by atoms with Gasteiger partial charge in [0.05, 0.1) is 18.4 Å².